The highest BCUT2D eigenvalue weighted by Gasteiger charge is 1.92. The lowest BCUT2D eigenvalue weighted by molar-refractivity contribution is 0.131. The highest BCUT2D eigenvalue weighted by molar-refractivity contribution is 4.49. The monoisotopic (exact) mass is 230 g/mol. The summed E-state index contributed by atoms with van der Waals surface area (Å²) in [6.45, 7) is 7.14. The Hall–Kier alpha value is -0.120. The second-order valence-electron chi connectivity index (χ2n) is 4.58. The zero-order chi connectivity index (χ0) is 12.1. The number of ether oxygens (including phenoxy) is 1. The molecular weight excluding hydrogens is 200 g/mol. The Balaban J connectivity index is 2.88. The average Bonchev–Trinajstić information content (AvgIpc) is 2.25. The van der Waals surface area contributed by atoms with E-state index in [4.69, 9.17) is 4.74 Å². The normalized spacial score (nSPS) is 11.2. The average molecular weight is 230 g/mol. The topological polar surface area (TPSA) is 24.5 Å². The molecule has 0 aliphatic rings. The third-order valence-electron chi connectivity index (χ3n) is 2.55. The van der Waals surface area contributed by atoms with E-state index in [1.807, 2.05) is 0 Å². The molecule has 0 aliphatic heterocycles. The van der Waals surface area contributed by atoms with Gasteiger partial charge in [0, 0.05) is 26.2 Å². The molecule has 0 rings (SSSR count). The third-order valence-corrected chi connectivity index (χ3v) is 2.55. The van der Waals surface area contributed by atoms with Gasteiger partial charge in [0.2, 0.25) is 0 Å². The lowest BCUT2D eigenvalue weighted by atomic mass is 10.2. The molecule has 0 saturated heterocycles. The van der Waals surface area contributed by atoms with Crippen LogP contribution in [-0.2, 0) is 4.74 Å². The molecule has 0 amide bonds. The molecule has 0 radical (unpaired) electrons. The summed E-state index contributed by atoms with van der Waals surface area (Å²) in [5.74, 6) is 0. The van der Waals surface area contributed by atoms with Crippen LogP contribution in [0.1, 0.15) is 39.0 Å². The second-order valence-corrected chi connectivity index (χ2v) is 4.58. The van der Waals surface area contributed by atoms with Crippen LogP contribution >= 0.6 is 0 Å². The molecule has 3 heteroatoms. The van der Waals surface area contributed by atoms with Gasteiger partial charge in [-0.15, -0.1) is 0 Å². The SMILES string of the molecule is CCCCCCCOCCNCCN(C)C. The van der Waals surface area contributed by atoms with Crippen LogP contribution in [0.3, 0.4) is 0 Å². The van der Waals surface area contributed by atoms with E-state index in [-0.39, 0.29) is 0 Å². The quantitative estimate of drug-likeness (QED) is 0.520. The van der Waals surface area contributed by atoms with Gasteiger partial charge in [-0.05, 0) is 20.5 Å². The summed E-state index contributed by atoms with van der Waals surface area (Å²) in [7, 11) is 4.18. The molecule has 0 saturated carbocycles. The van der Waals surface area contributed by atoms with Gasteiger partial charge >= 0.3 is 0 Å². The fourth-order valence-electron chi connectivity index (χ4n) is 1.48. The third kappa shape index (κ3) is 13.9. The van der Waals surface area contributed by atoms with Crippen molar-refractivity contribution in [1.29, 1.82) is 0 Å². The molecule has 0 spiro atoms. The summed E-state index contributed by atoms with van der Waals surface area (Å²) in [6.07, 6.45) is 6.59. The van der Waals surface area contributed by atoms with E-state index < -0.39 is 0 Å². The minimum Gasteiger partial charge on any atom is -0.380 e. The number of hydrogen-bond donors (Lipinski definition) is 1. The predicted molar refractivity (Wildman–Crippen MR) is 71.0 cm³/mol. The van der Waals surface area contributed by atoms with E-state index in [9.17, 15) is 0 Å². The minimum atomic E-state index is 0.848. The number of nitrogens with zero attached hydrogens (tertiary/aromatic N) is 1. The van der Waals surface area contributed by atoms with Crippen LogP contribution in [0.15, 0.2) is 0 Å². The van der Waals surface area contributed by atoms with Gasteiger partial charge < -0.3 is 15.0 Å². The van der Waals surface area contributed by atoms with Crippen LogP contribution in [0, 0.1) is 0 Å². The minimum absolute atomic E-state index is 0.848. The van der Waals surface area contributed by atoms with Crippen molar-refractivity contribution in [3.63, 3.8) is 0 Å². The van der Waals surface area contributed by atoms with Crippen molar-refractivity contribution in [2.75, 3.05) is 46.9 Å². The van der Waals surface area contributed by atoms with Gasteiger partial charge in [0.05, 0.1) is 6.61 Å². The molecule has 0 aromatic heterocycles. The van der Waals surface area contributed by atoms with Crippen molar-refractivity contribution in [2.45, 2.75) is 39.0 Å². The van der Waals surface area contributed by atoms with Crippen molar-refractivity contribution in [1.82, 2.24) is 10.2 Å². The van der Waals surface area contributed by atoms with E-state index in [1.165, 1.54) is 32.1 Å². The van der Waals surface area contributed by atoms with Crippen LogP contribution in [0.25, 0.3) is 0 Å². The van der Waals surface area contributed by atoms with Crippen molar-refractivity contribution in [3.8, 4) is 0 Å². The maximum atomic E-state index is 5.54. The Kier molecular flexibility index (Phi) is 12.9. The highest BCUT2D eigenvalue weighted by Crippen LogP contribution is 2.01. The van der Waals surface area contributed by atoms with Crippen LogP contribution in [0.5, 0.6) is 0 Å². The molecule has 3 nitrogen and oxygen atoms in total. The standard InChI is InChI=1S/C13H30N2O/c1-4-5-6-7-8-12-16-13-10-14-9-11-15(2)3/h14H,4-13H2,1-3H3. The molecule has 0 atom stereocenters. The molecule has 0 aliphatic carbocycles. The largest absolute Gasteiger partial charge is 0.380 e. The highest BCUT2D eigenvalue weighted by atomic mass is 16.5. The number of likely N-dealkylation sites (N-methyl/N-ethyl adjacent to an activating group) is 1. The molecule has 16 heavy (non-hydrogen) atoms. The van der Waals surface area contributed by atoms with Crippen molar-refractivity contribution in [3.05, 3.63) is 0 Å². The molecule has 98 valence electrons. The summed E-state index contributed by atoms with van der Waals surface area (Å²) in [5.41, 5.74) is 0. The van der Waals surface area contributed by atoms with Gasteiger partial charge in [-0.1, -0.05) is 32.6 Å². The number of rotatable bonds is 12. The second kappa shape index (κ2) is 12.9. The van der Waals surface area contributed by atoms with Gasteiger partial charge in [-0.3, -0.25) is 0 Å². The molecule has 0 aromatic carbocycles. The number of unbranched alkanes of at least 4 members (excludes halogenated alkanes) is 4. The number of hydrogen-bond acceptors (Lipinski definition) is 3. The van der Waals surface area contributed by atoms with Gasteiger partial charge in [0.1, 0.15) is 0 Å². The Morgan fingerprint density at radius 3 is 2.38 bits per heavy atom. The smallest absolute Gasteiger partial charge is 0.0590 e. The first-order valence-electron chi connectivity index (χ1n) is 6.70. The Labute approximate surface area is 102 Å². The van der Waals surface area contributed by atoms with Gasteiger partial charge in [0.15, 0.2) is 0 Å². The molecular formula is C13H30N2O. The fourth-order valence-corrected chi connectivity index (χ4v) is 1.48. The summed E-state index contributed by atoms with van der Waals surface area (Å²) >= 11 is 0. The summed E-state index contributed by atoms with van der Waals surface area (Å²) in [6, 6.07) is 0. The zero-order valence-electron chi connectivity index (χ0n) is 11.4. The Bertz CT molecular complexity index is 129. The van der Waals surface area contributed by atoms with Crippen LogP contribution in [0.4, 0.5) is 0 Å². The van der Waals surface area contributed by atoms with E-state index in [2.05, 4.69) is 31.2 Å². The fraction of sp³-hybridized carbons (Fsp3) is 1.00. The van der Waals surface area contributed by atoms with Crippen molar-refractivity contribution in [2.24, 2.45) is 0 Å². The number of nitrogens with one attached hydrogen (secondary N) is 1. The molecule has 0 bridgehead atoms. The van der Waals surface area contributed by atoms with E-state index in [1.54, 1.807) is 0 Å². The Morgan fingerprint density at radius 1 is 0.938 bits per heavy atom. The molecule has 0 aromatic rings. The van der Waals surface area contributed by atoms with Crippen LogP contribution < -0.4 is 5.32 Å². The summed E-state index contributed by atoms with van der Waals surface area (Å²) in [5, 5.41) is 3.36. The lowest BCUT2D eigenvalue weighted by Gasteiger charge is -2.10. The summed E-state index contributed by atoms with van der Waals surface area (Å²) in [4.78, 5) is 2.18. The molecule has 0 heterocycles. The summed E-state index contributed by atoms with van der Waals surface area (Å²) < 4.78 is 5.54. The lowest BCUT2D eigenvalue weighted by Crippen LogP contribution is -2.29. The predicted octanol–water partition coefficient (Wildman–Crippen LogP) is 2.12. The maximum Gasteiger partial charge on any atom is 0.0590 e. The van der Waals surface area contributed by atoms with Gasteiger partial charge in [0.25, 0.3) is 0 Å². The molecule has 0 fully saturated rings. The van der Waals surface area contributed by atoms with E-state index in [0.717, 1.165) is 32.8 Å². The van der Waals surface area contributed by atoms with Gasteiger partial charge in [-0.25, -0.2) is 0 Å². The van der Waals surface area contributed by atoms with Crippen LogP contribution in [0.2, 0.25) is 0 Å². The van der Waals surface area contributed by atoms with Crippen molar-refractivity contribution >= 4 is 0 Å². The molecule has 0 unspecified atom stereocenters. The first-order chi connectivity index (χ1) is 7.77. The van der Waals surface area contributed by atoms with E-state index in [0.29, 0.717) is 0 Å². The first kappa shape index (κ1) is 15.9. The first-order valence-corrected chi connectivity index (χ1v) is 6.70. The molecule has 1 N–H and O–H groups in total. The van der Waals surface area contributed by atoms with Gasteiger partial charge in [-0.2, -0.15) is 0 Å². The van der Waals surface area contributed by atoms with Crippen LogP contribution in [-0.4, -0.2) is 51.8 Å². The van der Waals surface area contributed by atoms with E-state index >= 15 is 0 Å². The maximum absolute atomic E-state index is 5.54. The Morgan fingerprint density at radius 2 is 1.69 bits per heavy atom. The zero-order valence-corrected chi connectivity index (χ0v) is 11.4. The van der Waals surface area contributed by atoms with Crippen molar-refractivity contribution < 1.29 is 4.74 Å².